The Bertz CT molecular complexity index is 794. The molecule has 7 heteroatoms. The molecule has 22 heavy (non-hydrogen) atoms. The first-order valence-corrected chi connectivity index (χ1v) is 7.39. The van der Waals surface area contributed by atoms with Crippen LogP contribution in [0.4, 0.5) is 0 Å². The summed E-state index contributed by atoms with van der Waals surface area (Å²) in [6.07, 6.45) is 3.01. The predicted molar refractivity (Wildman–Crippen MR) is 82.7 cm³/mol. The number of carbonyl (C=O) groups is 1. The van der Waals surface area contributed by atoms with Crippen LogP contribution < -0.4 is 0 Å². The summed E-state index contributed by atoms with van der Waals surface area (Å²) in [7, 11) is 0. The molecule has 6 nitrogen and oxygen atoms in total. The van der Waals surface area contributed by atoms with Crippen molar-refractivity contribution in [2.24, 2.45) is 0 Å². The van der Waals surface area contributed by atoms with Gasteiger partial charge in [0, 0.05) is 17.9 Å². The zero-order valence-electron chi connectivity index (χ0n) is 11.4. The van der Waals surface area contributed by atoms with Gasteiger partial charge >= 0.3 is 0 Å². The van der Waals surface area contributed by atoms with Gasteiger partial charge in [0.2, 0.25) is 5.78 Å². The minimum atomic E-state index is -0.451. The van der Waals surface area contributed by atoms with Crippen LogP contribution in [0.3, 0.4) is 0 Å². The van der Waals surface area contributed by atoms with E-state index >= 15 is 0 Å². The van der Waals surface area contributed by atoms with Crippen molar-refractivity contribution < 1.29 is 9.90 Å². The van der Waals surface area contributed by atoms with E-state index in [1.807, 2.05) is 30.3 Å². The minimum absolute atomic E-state index is 0.0753. The Morgan fingerprint density at radius 1 is 1.32 bits per heavy atom. The largest absolute Gasteiger partial charge is 0.506 e. The molecule has 0 radical (unpaired) electrons. The highest BCUT2D eigenvalue weighted by Crippen LogP contribution is 2.19. The summed E-state index contributed by atoms with van der Waals surface area (Å²) in [5.41, 5.74) is 1.52. The zero-order chi connectivity index (χ0) is 15.4. The lowest BCUT2D eigenvalue weighted by Gasteiger charge is -1.97. The molecule has 2 heterocycles. The maximum Gasteiger partial charge on any atom is 0.226 e. The van der Waals surface area contributed by atoms with Crippen molar-refractivity contribution in [3.8, 4) is 0 Å². The minimum Gasteiger partial charge on any atom is -0.506 e. The lowest BCUT2D eigenvalue weighted by Crippen LogP contribution is -1.99. The van der Waals surface area contributed by atoms with Gasteiger partial charge in [0.25, 0.3) is 0 Å². The Morgan fingerprint density at radius 3 is 2.86 bits per heavy atom. The number of aromatic nitrogens is 4. The molecule has 0 bridgehead atoms. The fraction of sp³-hybridized carbons (Fsp3) is 0.0667. The van der Waals surface area contributed by atoms with E-state index in [0.717, 1.165) is 16.6 Å². The quantitative estimate of drug-likeness (QED) is 0.429. The first kappa shape index (κ1) is 14.2. The first-order chi connectivity index (χ1) is 10.7. The number of nitrogens with zero attached hydrogens (tertiary/aromatic N) is 3. The van der Waals surface area contributed by atoms with Gasteiger partial charge in [-0.25, -0.2) is 9.97 Å². The number of thiazole rings is 1. The van der Waals surface area contributed by atoms with Crippen LogP contribution in [0.5, 0.6) is 0 Å². The molecule has 0 saturated carbocycles. The fourth-order valence-corrected chi connectivity index (χ4v) is 2.69. The van der Waals surface area contributed by atoms with Gasteiger partial charge in [0.1, 0.15) is 17.8 Å². The third-order valence-corrected chi connectivity index (χ3v) is 3.78. The Balaban J connectivity index is 1.74. The van der Waals surface area contributed by atoms with Crippen LogP contribution >= 0.6 is 11.3 Å². The van der Waals surface area contributed by atoms with Crippen molar-refractivity contribution in [3.63, 3.8) is 0 Å². The van der Waals surface area contributed by atoms with E-state index in [2.05, 4.69) is 20.2 Å². The molecule has 0 spiro atoms. The van der Waals surface area contributed by atoms with Gasteiger partial charge in [-0.1, -0.05) is 30.3 Å². The van der Waals surface area contributed by atoms with E-state index in [4.69, 9.17) is 0 Å². The third kappa shape index (κ3) is 3.26. The van der Waals surface area contributed by atoms with Gasteiger partial charge in [0.15, 0.2) is 5.82 Å². The zero-order valence-corrected chi connectivity index (χ0v) is 12.2. The van der Waals surface area contributed by atoms with Crippen molar-refractivity contribution in [2.75, 3.05) is 0 Å². The Hall–Kier alpha value is -2.80. The summed E-state index contributed by atoms with van der Waals surface area (Å²) in [6, 6.07) is 9.93. The average Bonchev–Trinajstić information content (AvgIpc) is 3.19. The molecule has 2 N–H and O–H groups in total. The smallest absolute Gasteiger partial charge is 0.226 e. The van der Waals surface area contributed by atoms with Crippen LogP contribution in [0.25, 0.3) is 5.76 Å². The summed E-state index contributed by atoms with van der Waals surface area (Å²) in [5, 5.41) is 18.6. The molecule has 0 saturated heterocycles. The first-order valence-electron chi connectivity index (χ1n) is 6.51. The van der Waals surface area contributed by atoms with E-state index in [-0.39, 0.29) is 11.6 Å². The van der Waals surface area contributed by atoms with Crippen LogP contribution in [0.15, 0.2) is 48.1 Å². The van der Waals surface area contributed by atoms with E-state index in [9.17, 15) is 9.90 Å². The molecule has 3 aromatic rings. The van der Waals surface area contributed by atoms with Crippen molar-refractivity contribution in [2.45, 2.75) is 6.42 Å². The molecular formula is C15H12N4O2S. The summed E-state index contributed by atoms with van der Waals surface area (Å²) in [6.45, 7) is 0. The van der Waals surface area contributed by atoms with E-state index in [1.54, 1.807) is 5.38 Å². The fourth-order valence-electron chi connectivity index (χ4n) is 1.87. The Labute approximate surface area is 130 Å². The molecule has 1 aromatic carbocycles. The third-order valence-electron chi connectivity index (χ3n) is 2.93. The number of aliphatic hydroxyl groups excluding tert-OH is 1. The van der Waals surface area contributed by atoms with Crippen LogP contribution in [0.1, 0.15) is 26.9 Å². The number of hydrogen-bond acceptors (Lipinski definition) is 6. The van der Waals surface area contributed by atoms with Crippen molar-refractivity contribution >= 4 is 22.9 Å². The number of rotatable bonds is 5. The van der Waals surface area contributed by atoms with E-state index < -0.39 is 5.78 Å². The highest BCUT2D eigenvalue weighted by molar-refractivity contribution is 7.09. The number of allylic oxidation sites excluding steroid dienone is 1. The Morgan fingerprint density at radius 2 is 2.14 bits per heavy atom. The van der Waals surface area contributed by atoms with Crippen LogP contribution in [-0.2, 0) is 6.42 Å². The normalized spacial score (nSPS) is 11.5. The SMILES string of the molecule is O=C(C=C(O)c1csc(Cc2ccccc2)n1)c1ncn[nH]1. The summed E-state index contributed by atoms with van der Waals surface area (Å²) < 4.78 is 0. The van der Waals surface area contributed by atoms with Crippen molar-refractivity contribution in [1.29, 1.82) is 0 Å². The highest BCUT2D eigenvalue weighted by Gasteiger charge is 2.11. The number of H-pyrrole nitrogens is 1. The van der Waals surface area contributed by atoms with Crippen LogP contribution in [-0.4, -0.2) is 31.1 Å². The second-order valence-corrected chi connectivity index (χ2v) is 5.46. The maximum atomic E-state index is 11.8. The molecule has 2 aromatic heterocycles. The van der Waals surface area contributed by atoms with Gasteiger partial charge < -0.3 is 5.11 Å². The number of nitrogens with one attached hydrogen (secondary N) is 1. The molecular weight excluding hydrogens is 300 g/mol. The topological polar surface area (TPSA) is 91.8 Å². The summed E-state index contributed by atoms with van der Waals surface area (Å²) >= 11 is 1.44. The van der Waals surface area contributed by atoms with E-state index in [0.29, 0.717) is 12.1 Å². The van der Waals surface area contributed by atoms with Crippen LogP contribution in [0, 0.1) is 0 Å². The second-order valence-electron chi connectivity index (χ2n) is 4.52. The number of aliphatic hydroxyl groups is 1. The molecule has 0 aliphatic heterocycles. The second kappa shape index (κ2) is 6.31. The van der Waals surface area contributed by atoms with Crippen molar-refractivity contribution in [1.82, 2.24) is 20.2 Å². The van der Waals surface area contributed by atoms with E-state index in [1.165, 1.54) is 17.7 Å². The highest BCUT2D eigenvalue weighted by atomic mass is 32.1. The van der Waals surface area contributed by atoms with Gasteiger partial charge in [-0.2, -0.15) is 5.10 Å². The maximum absolute atomic E-state index is 11.8. The molecule has 0 unspecified atom stereocenters. The number of benzene rings is 1. The summed E-state index contributed by atoms with van der Waals surface area (Å²) in [4.78, 5) is 19.9. The number of carbonyl (C=O) groups excluding carboxylic acids is 1. The molecule has 0 aliphatic rings. The molecule has 3 rings (SSSR count). The number of aromatic amines is 1. The van der Waals surface area contributed by atoms with Gasteiger partial charge in [-0.15, -0.1) is 11.3 Å². The average molecular weight is 312 g/mol. The van der Waals surface area contributed by atoms with Gasteiger partial charge in [-0.05, 0) is 5.56 Å². The lowest BCUT2D eigenvalue weighted by molar-refractivity contribution is 0.103. The van der Waals surface area contributed by atoms with Gasteiger partial charge in [0.05, 0.1) is 5.01 Å². The van der Waals surface area contributed by atoms with Crippen molar-refractivity contribution in [3.05, 3.63) is 70.2 Å². The molecule has 110 valence electrons. The predicted octanol–water partition coefficient (Wildman–Crippen LogP) is 2.63. The standard InChI is InChI=1S/C15H12N4O2S/c20-12(7-13(21)15-16-9-17-19-15)11-8-22-14(18-11)6-10-4-2-1-3-5-10/h1-5,7-9,20H,6H2,(H,16,17,19). The Kier molecular flexibility index (Phi) is 4.06. The monoisotopic (exact) mass is 312 g/mol. The summed E-state index contributed by atoms with van der Waals surface area (Å²) in [5.74, 6) is -0.559. The van der Waals surface area contributed by atoms with Crippen LogP contribution in [0.2, 0.25) is 0 Å². The lowest BCUT2D eigenvalue weighted by atomic mass is 10.2. The molecule has 0 amide bonds. The molecule has 0 fully saturated rings. The molecule has 0 atom stereocenters. The van der Waals surface area contributed by atoms with Gasteiger partial charge in [-0.3, -0.25) is 9.89 Å². The molecule has 0 aliphatic carbocycles. The number of ketones is 1. The number of hydrogen-bond donors (Lipinski definition) is 2.